The Labute approximate surface area is 103 Å². The summed E-state index contributed by atoms with van der Waals surface area (Å²) < 4.78 is 0. The molecule has 0 atom stereocenters. The minimum absolute atomic E-state index is 0.379. The van der Waals surface area contributed by atoms with Crippen molar-refractivity contribution in [1.29, 1.82) is 0 Å². The van der Waals surface area contributed by atoms with Gasteiger partial charge in [0.2, 0.25) is 0 Å². The van der Waals surface area contributed by atoms with Crippen LogP contribution in [0.4, 0.5) is 0 Å². The molecule has 94 valence electrons. The second kappa shape index (κ2) is 6.62. The highest BCUT2D eigenvalue weighted by molar-refractivity contribution is 5.27. The van der Waals surface area contributed by atoms with Gasteiger partial charge in [0.05, 0.1) is 0 Å². The molecule has 0 unspecified atom stereocenters. The average molecular weight is 234 g/mol. The van der Waals surface area contributed by atoms with Crippen molar-refractivity contribution in [1.82, 2.24) is 10.2 Å². The lowest BCUT2D eigenvalue weighted by Gasteiger charge is -2.27. The third kappa shape index (κ3) is 4.36. The standard InChI is InChI=1S/C14H22N2O/c17-14-6-3-5-13(12-14)4-1-2-9-16-10-7-15-8-11-16/h3,5-6,12,15,17H,1-2,4,7-11H2. The van der Waals surface area contributed by atoms with E-state index in [2.05, 4.69) is 16.3 Å². The van der Waals surface area contributed by atoms with E-state index in [9.17, 15) is 5.11 Å². The summed E-state index contributed by atoms with van der Waals surface area (Å²) in [6.07, 6.45) is 3.52. The van der Waals surface area contributed by atoms with Gasteiger partial charge in [0.1, 0.15) is 5.75 Å². The van der Waals surface area contributed by atoms with Gasteiger partial charge in [-0.05, 0) is 43.5 Å². The van der Waals surface area contributed by atoms with Crippen LogP contribution in [0.1, 0.15) is 18.4 Å². The molecule has 2 N–H and O–H groups in total. The Kier molecular flexibility index (Phi) is 4.83. The van der Waals surface area contributed by atoms with Crippen molar-refractivity contribution >= 4 is 0 Å². The number of piperazine rings is 1. The molecular formula is C14H22N2O. The van der Waals surface area contributed by atoms with Gasteiger partial charge in [0.25, 0.3) is 0 Å². The minimum Gasteiger partial charge on any atom is -0.508 e. The number of nitrogens with zero attached hydrogens (tertiary/aromatic N) is 1. The molecule has 1 aliphatic rings. The number of phenolic OH excluding ortho intramolecular Hbond substituents is 1. The third-order valence-corrected chi connectivity index (χ3v) is 3.31. The number of hydrogen-bond acceptors (Lipinski definition) is 3. The normalized spacial score (nSPS) is 17.2. The number of rotatable bonds is 5. The first-order valence-corrected chi connectivity index (χ1v) is 6.55. The zero-order valence-corrected chi connectivity index (χ0v) is 10.4. The first-order chi connectivity index (χ1) is 8.34. The van der Waals surface area contributed by atoms with E-state index in [4.69, 9.17) is 0 Å². The van der Waals surface area contributed by atoms with Crippen LogP contribution in [0.2, 0.25) is 0 Å². The van der Waals surface area contributed by atoms with Crippen molar-refractivity contribution in [2.45, 2.75) is 19.3 Å². The van der Waals surface area contributed by atoms with Crippen LogP contribution in [0.3, 0.4) is 0 Å². The van der Waals surface area contributed by atoms with E-state index in [0.717, 1.165) is 19.5 Å². The Balaban J connectivity index is 1.62. The number of unbranched alkanes of at least 4 members (excludes halogenated alkanes) is 1. The maximum Gasteiger partial charge on any atom is 0.115 e. The number of phenols is 1. The molecule has 0 radical (unpaired) electrons. The number of benzene rings is 1. The topological polar surface area (TPSA) is 35.5 Å². The fourth-order valence-electron chi connectivity index (χ4n) is 2.31. The maximum absolute atomic E-state index is 9.36. The quantitative estimate of drug-likeness (QED) is 0.760. The van der Waals surface area contributed by atoms with Gasteiger partial charge in [0.15, 0.2) is 0 Å². The van der Waals surface area contributed by atoms with Crippen LogP contribution in [0.5, 0.6) is 5.75 Å². The van der Waals surface area contributed by atoms with E-state index in [1.807, 2.05) is 12.1 Å². The molecule has 0 spiro atoms. The molecule has 0 aliphatic carbocycles. The highest BCUT2D eigenvalue weighted by Gasteiger charge is 2.08. The van der Waals surface area contributed by atoms with Crippen LogP contribution >= 0.6 is 0 Å². The summed E-state index contributed by atoms with van der Waals surface area (Å²) in [5.41, 5.74) is 1.24. The summed E-state index contributed by atoms with van der Waals surface area (Å²) in [5, 5.41) is 12.7. The largest absolute Gasteiger partial charge is 0.508 e. The Morgan fingerprint density at radius 2 is 2.00 bits per heavy atom. The summed E-state index contributed by atoms with van der Waals surface area (Å²) >= 11 is 0. The summed E-state index contributed by atoms with van der Waals surface area (Å²) in [5.74, 6) is 0.379. The van der Waals surface area contributed by atoms with Gasteiger partial charge in [0, 0.05) is 26.2 Å². The van der Waals surface area contributed by atoms with Gasteiger partial charge in [-0.1, -0.05) is 12.1 Å². The number of nitrogens with one attached hydrogen (secondary N) is 1. The predicted octanol–water partition coefficient (Wildman–Crippen LogP) is 1.62. The minimum atomic E-state index is 0.379. The molecule has 0 bridgehead atoms. The molecule has 0 amide bonds. The van der Waals surface area contributed by atoms with Crippen LogP contribution in [0.25, 0.3) is 0 Å². The zero-order valence-electron chi connectivity index (χ0n) is 10.4. The molecule has 17 heavy (non-hydrogen) atoms. The van der Waals surface area contributed by atoms with Gasteiger partial charge in [-0.2, -0.15) is 0 Å². The van der Waals surface area contributed by atoms with E-state index in [0.29, 0.717) is 5.75 Å². The van der Waals surface area contributed by atoms with Gasteiger partial charge in [-0.25, -0.2) is 0 Å². The Hall–Kier alpha value is -1.06. The van der Waals surface area contributed by atoms with Crippen LogP contribution in [-0.2, 0) is 6.42 Å². The summed E-state index contributed by atoms with van der Waals surface area (Å²) in [7, 11) is 0. The molecular weight excluding hydrogens is 212 g/mol. The van der Waals surface area contributed by atoms with E-state index in [-0.39, 0.29) is 0 Å². The van der Waals surface area contributed by atoms with Gasteiger partial charge in [-0.3, -0.25) is 0 Å². The van der Waals surface area contributed by atoms with Crippen molar-refractivity contribution in [3.8, 4) is 5.75 Å². The van der Waals surface area contributed by atoms with Crippen molar-refractivity contribution in [3.05, 3.63) is 29.8 Å². The second-order valence-corrected chi connectivity index (χ2v) is 4.72. The number of aromatic hydroxyl groups is 1. The first-order valence-electron chi connectivity index (χ1n) is 6.55. The van der Waals surface area contributed by atoms with Crippen LogP contribution in [-0.4, -0.2) is 42.7 Å². The van der Waals surface area contributed by atoms with Crippen molar-refractivity contribution in [2.24, 2.45) is 0 Å². The monoisotopic (exact) mass is 234 g/mol. The first kappa shape index (κ1) is 12.4. The van der Waals surface area contributed by atoms with Crippen LogP contribution in [0, 0.1) is 0 Å². The van der Waals surface area contributed by atoms with E-state index < -0.39 is 0 Å². The van der Waals surface area contributed by atoms with E-state index in [1.54, 1.807) is 6.07 Å². The molecule has 2 rings (SSSR count). The van der Waals surface area contributed by atoms with Gasteiger partial charge in [-0.15, -0.1) is 0 Å². The molecule has 1 heterocycles. The van der Waals surface area contributed by atoms with Crippen LogP contribution < -0.4 is 5.32 Å². The average Bonchev–Trinajstić information content (AvgIpc) is 2.36. The number of hydrogen-bond donors (Lipinski definition) is 2. The Morgan fingerprint density at radius 3 is 2.76 bits per heavy atom. The van der Waals surface area contributed by atoms with E-state index in [1.165, 1.54) is 38.0 Å². The van der Waals surface area contributed by atoms with Crippen molar-refractivity contribution < 1.29 is 5.11 Å². The molecule has 1 aliphatic heterocycles. The summed E-state index contributed by atoms with van der Waals surface area (Å²) in [6, 6.07) is 7.60. The smallest absolute Gasteiger partial charge is 0.115 e. The van der Waals surface area contributed by atoms with Gasteiger partial charge >= 0.3 is 0 Å². The fraction of sp³-hybridized carbons (Fsp3) is 0.571. The molecule has 1 fully saturated rings. The maximum atomic E-state index is 9.36. The lowest BCUT2D eigenvalue weighted by Crippen LogP contribution is -2.43. The molecule has 3 heteroatoms. The predicted molar refractivity (Wildman–Crippen MR) is 70.4 cm³/mol. The highest BCUT2D eigenvalue weighted by Crippen LogP contribution is 2.13. The fourth-order valence-corrected chi connectivity index (χ4v) is 2.31. The lowest BCUT2D eigenvalue weighted by atomic mass is 10.1. The molecule has 1 saturated heterocycles. The molecule has 1 aromatic carbocycles. The highest BCUT2D eigenvalue weighted by atomic mass is 16.3. The number of aryl methyl sites for hydroxylation is 1. The van der Waals surface area contributed by atoms with Gasteiger partial charge < -0.3 is 15.3 Å². The third-order valence-electron chi connectivity index (χ3n) is 3.31. The zero-order chi connectivity index (χ0) is 11.9. The molecule has 3 nitrogen and oxygen atoms in total. The SMILES string of the molecule is Oc1cccc(CCCCN2CCNCC2)c1. The Morgan fingerprint density at radius 1 is 1.18 bits per heavy atom. The summed E-state index contributed by atoms with van der Waals surface area (Å²) in [4.78, 5) is 2.53. The molecule has 0 saturated carbocycles. The molecule has 0 aromatic heterocycles. The van der Waals surface area contributed by atoms with Crippen molar-refractivity contribution in [3.63, 3.8) is 0 Å². The molecule has 1 aromatic rings. The van der Waals surface area contributed by atoms with Crippen LogP contribution in [0.15, 0.2) is 24.3 Å². The van der Waals surface area contributed by atoms with E-state index >= 15 is 0 Å². The Bertz CT molecular complexity index is 335. The van der Waals surface area contributed by atoms with Crippen molar-refractivity contribution in [2.75, 3.05) is 32.7 Å². The lowest BCUT2D eigenvalue weighted by molar-refractivity contribution is 0.237. The second-order valence-electron chi connectivity index (χ2n) is 4.72. The summed E-state index contributed by atoms with van der Waals surface area (Å²) in [6.45, 7) is 5.85.